The van der Waals surface area contributed by atoms with Crippen molar-refractivity contribution in [2.45, 2.75) is 165 Å². The first-order chi connectivity index (χ1) is 16.2. The molecule has 6 heteroatoms. The lowest BCUT2D eigenvalue weighted by atomic mass is 10.2. The van der Waals surface area contributed by atoms with E-state index in [4.69, 9.17) is 10.2 Å². The van der Waals surface area contributed by atoms with Crippen LogP contribution < -0.4 is 0 Å². The molecule has 35 heavy (non-hydrogen) atoms. The van der Waals surface area contributed by atoms with Crippen LogP contribution in [0.5, 0.6) is 0 Å². The molecule has 0 saturated carbocycles. The Labute approximate surface area is 219 Å². The summed E-state index contributed by atoms with van der Waals surface area (Å²) in [7, 11) is 0. The van der Waals surface area contributed by atoms with Gasteiger partial charge in [-0.15, -0.1) is 0 Å². The molecule has 6 nitrogen and oxygen atoms in total. The molecule has 0 unspecified atom stereocenters. The highest BCUT2D eigenvalue weighted by Crippen LogP contribution is 2.03. The maximum Gasteiger partial charge on any atom is 0.303 e. The number of carbonyl (C=O) groups is 2. The predicted molar refractivity (Wildman–Crippen MR) is 153 cm³/mol. The first-order valence-electron chi connectivity index (χ1n) is 14.2. The van der Waals surface area contributed by atoms with Gasteiger partial charge >= 0.3 is 11.9 Å². The zero-order valence-corrected chi connectivity index (χ0v) is 25.7. The van der Waals surface area contributed by atoms with Crippen LogP contribution in [-0.4, -0.2) is 69.2 Å². The molecule has 0 rings (SSSR count). The lowest BCUT2D eigenvalue weighted by molar-refractivity contribution is -0.138. The summed E-state index contributed by atoms with van der Waals surface area (Å²) in [5.41, 5.74) is 0. The van der Waals surface area contributed by atoms with E-state index >= 15 is 0 Å². The minimum Gasteiger partial charge on any atom is -0.481 e. The maximum atomic E-state index is 9.96. The summed E-state index contributed by atoms with van der Waals surface area (Å²) in [6.07, 6.45) is 7.83. The summed E-state index contributed by atoms with van der Waals surface area (Å²) in [5, 5.41) is 16.4. The zero-order valence-electron chi connectivity index (χ0n) is 25.7. The van der Waals surface area contributed by atoms with Gasteiger partial charge in [-0.3, -0.25) is 19.4 Å². The molecule has 0 aromatic heterocycles. The number of carboxylic acid groups (broad SMARTS) is 2. The smallest absolute Gasteiger partial charge is 0.303 e. The van der Waals surface area contributed by atoms with Crippen LogP contribution in [0.3, 0.4) is 0 Å². The third-order valence-electron chi connectivity index (χ3n) is 5.62. The molecule has 0 aliphatic rings. The predicted octanol–water partition coefficient (Wildman–Crippen LogP) is 7.94. The van der Waals surface area contributed by atoms with Gasteiger partial charge < -0.3 is 10.2 Å². The molecule has 0 spiro atoms. The largest absolute Gasteiger partial charge is 0.481 e. The summed E-state index contributed by atoms with van der Waals surface area (Å²) in [4.78, 5) is 24.8. The maximum absolute atomic E-state index is 9.96. The van der Waals surface area contributed by atoms with Crippen LogP contribution in [0.1, 0.15) is 141 Å². The van der Waals surface area contributed by atoms with Gasteiger partial charge in [0.15, 0.2) is 0 Å². The van der Waals surface area contributed by atoms with Gasteiger partial charge in [0, 0.05) is 37.0 Å². The van der Waals surface area contributed by atoms with E-state index in [1.54, 1.807) is 0 Å². The van der Waals surface area contributed by atoms with Crippen molar-refractivity contribution >= 4 is 11.9 Å². The van der Waals surface area contributed by atoms with Crippen LogP contribution >= 0.6 is 0 Å². The zero-order chi connectivity index (χ0) is 28.4. The Hall–Kier alpha value is -1.14. The first kappa shape index (κ1) is 41.0. The lowest BCUT2D eigenvalue weighted by Crippen LogP contribution is -2.36. The van der Waals surface area contributed by atoms with Crippen molar-refractivity contribution in [1.82, 2.24) is 9.80 Å². The van der Waals surface area contributed by atoms with Crippen molar-refractivity contribution in [2.75, 3.05) is 13.1 Å². The quantitative estimate of drug-likeness (QED) is 0.220. The fraction of sp³-hybridized carbons (Fsp3) is 0.931. The second-order valence-corrected chi connectivity index (χ2v) is 10.1. The molecule has 0 aliphatic heterocycles. The molecule has 214 valence electrons. The van der Waals surface area contributed by atoms with Crippen LogP contribution in [-0.2, 0) is 9.59 Å². The summed E-state index contributed by atoms with van der Waals surface area (Å²) in [6, 6.07) is 2.76. The summed E-state index contributed by atoms with van der Waals surface area (Å²) >= 11 is 0. The highest BCUT2D eigenvalue weighted by molar-refractivity contribution is 5.66. The number of unbranched alkanes of at least 4 members (excludes halogenated alkanes) is 5. The van der Waals surface area contributed by atoms with Gasteiger partial charge in [0.05, 0.1) is 0 Å². The Balaban J connectivity index is -0.000000183. The van der Waals surface area contributed by atoms with Gasteiger partial charge in [-0.05, 0) is 81.3 Å². The Morgan fingerprint density at radius 1 is 0.514 bits per heavy atom. The molecule has 0 fully saturated rings. The fourth-order valence-electron chi connectivity index (χ4n) is 3.88. The van der Waals surface area contributed by atoms with Crippen molar-refractivity contribution in [3.05, 3.63) is 0 Å². The Morgan fingerprint density at radius 2 is 0.771 bits per heavy atom. The average Bonchev–Trinajstić information content (AvgIpc) is 2.72. The summed E-state index contributed by atoms with van der Waals surface area (Å²) < 4.78 is 0. The van der Waals surface area contributed by atoms with E-state index in [0.717, 1.165) is 51.6 Å². The van der Waals surface area contributed by atoms with E-state index < -0.39 is 11.9 Å². The van der Waals surface area contributed by atoms with E-state index in [1.807, 2.05) is 0 Å². The molecule has 0 heterocycles. The molecule has 2 N–H and O–H groups in total. The molecule has 0 bridgehead atoms. The van der Waals surface area contributed by atoms with Crippen molar-refractivity contribution in [3.8, 4) is 0 Å². The van der Waals surface area contributed by atoms with Crippen LogP contribution in [0.15, 0.2) is 0 Å². The molecule has 0 atom stereocenters. The van der Waals surface area contributed by atoms with Crippen molar-refractivity contribution in [3.63, 3.8) is 0 Å². The number of hydrogen-bond acceptors (Lipinski definition) is 4. The topological polar surface area (TPSA) is 81.1 Å². The van der Waals surface area contributed by atoms with Crippen molar-refractivity contribution in [1.29, 1.82) is 0 Å². The van der Waals surface area contributed by atoms with E-state index in [2.05, 4.69) is 92.9 Å². The average molecular weight is 505 g/mol. The number of rotatable bonds is 15. The first-order valence-corrected chi connectivity index (χ1v) is 14.2. The Bertz CT molecular complexity index is 416. The highest BCUT2D eigenvalue weighted by Gasteiger charge is 2.09. The number of carboxylic acids is 2. The van der Waals surface area contributed by atoms with Gasteiger partial charge in [0.1, 0.15) is 0 Å². The van der Waals surface area contributed by atoms with Crippen LogP contribution in [0.25, 0.3) is 0 Å². The monoisotopic (exact) mass is 504 g/mol. The number of aliphatic carboxylic acids is 2. The van der Waals surface area contributed by atoms with Gasteiger partial charge in [-0.2, -0.15) is 0 Å². The van der Waals surface area contributed by atoms with Crippen LogP contribution in [0.2, 0.25) is 0 Å². The SMILES string of the molecule is CCCCCC(=O)O.CCCCCCC(=O)O.CCN(C(C)C)C(C)C.CCN(C(C)C)C(C)C. The van der Waals surface area contributed by atoms with E-state index in [-0.39, 0.29) is 0 Å². The second kappa shape index (κ2) is 29.1. The standard InChI is InChI=1S/2C8H19N.C7H14O2.C6H12O2/c2*1-6-9(7(2)3)8(4)5;1-2-3-4-5-6-7(8)9;1-2-3-4-5-6(7)8/h2*7-8H,6H2,1-5H3;2-6H2,1H3,(H,8,9);2-5H2,1H3,(H,7,8). The third-order valence-corrected chi connectivity index (χ3v) is 5.62. The normalized spacial score (nSPS) is 10.7. The number of nitrogens with zero attached hydrogens (tertiary/aromatic N) is 2. The van der Waals surface area contributed by atoms with Crippen LogP contribution in [0, 0.1) is 0 Å². The lowest BCUT2D eigenvalue weighted by Gasteiger charge is -2.28. The van der Waals surface area contributed by atoms with Gasteiger partial charge in [0.2, 0.25) is 0 Å². The number of hydrogen-bond donors (Lipinski definition) is 2. The molecule has 0 aliphatic carbocycles. The molecule has 0 radical (unpaired) electrons. The highest BCUT2D eigenvalue weighted by atomic mass is 16.4. The molecule has 0 amide bonds. The molecular formula is C29H64N2O4. The minimum absolute atomic E-state index is 0.327. The Kier molecular flexibility index (Phi) is 34.1. The summed E-state index contributed by atoms with van der Waals surface area (Å²) in [6.45, 7) is 28.8. The Morgan fingerprint density at radius 3 is 0.943 bits per heavy atom. The molecular weight excluding hydrogens is 440 g/mol. The van der Waals surface area contributed by atoms with Crippen LogP contribution in [0.4, 0.5) is 0 Å². The van der Waals surface area contributed by atoms with E-state index in [1.165, 1.54) is 6.42 Å². The molecule has 0 aromatic rings. The van der Waals surface area contributed by atoms with E-state index in [0.29, 0.717) is 37.0 Å². The fourth-order valence-corrected chi connectivity index (χ4v) is 3.88. The van der Waals surface area contributed by atoms with Gasteiger partial charge in [-0.1, -0.05) is 59.8 Å². The molecule has 0 saturated heterocycles. The van der Waals surface area contributed by atoms with Crippen molar-refractivity contribution in [2.24, 2.45) is 0 Å². The third kappa shape index (κ3) is 35.1. The summed E-state index contributed by atoms with van der Waals surface area (Å²) in [5.74, 6) is -1.36. The molecule has 0 aromatic carbocycles. The van der Waals surface area contributed by atoms with Gasteiger partial charge in [-0.25, -0.2) is 0 Å². The van der Waals surface area contributed by atoms with Gasteiger partial charge in [0.25, 0.3) is 0 Å². The van der Waals surface area contributed by atoms with E-state index in [9.17, 15) is 9.59 Å². The van der Waals surface area contributed by atoms with Crippen molar-refractivity contribution < 1.29 is 19.8 Å². The second-order valence-electron chi connectivity index (χ2n) is 10.1. The minimum atomic E-state index is -0.682.